The van der Waals surface area contributed by atoms with Gasteiger partial charge in [0.2, 0.25) is 5.91 Å². The van der Waals surface area contributed by atoms with Crippen molar-refractivity contribution in [2.45, 2.75) is 13.5 Å². The second-order valence-electron chi connectivity index (χ2n) is 8.29. The van der Waals surface area contributed by atoms with Gasteiger partial charge in [-0.2, -0.15) is 0 Å². The van der Waals surface area contributed by atoms with E-state index in [-0.39, 0.29) is 11.7 Å². The summed E-state index contributed by atoms with van der Waals surface area (Å²) in [5.74, 6) is 0.592. The summed E-state index contributed by atoms with van der Waals surface area (Å²) >= 11 is 14.3. The number of imidazole rings is 1. The first kappa shape index (κ1) is 25.0. The van der Waals surface area contributed by atoms with Crippen molar-refractivity contribution >= 4 is 52.0 Å². The highest BCUT2D eigenvalue weighted by Crippen LogP contribution is 2.50. The molecular formula is C27H20Cl2FN5OS. The Morgan fingerprint density at radius 3 is 2.57 bits per heavy atom. The number of anilines is 2. The fraction of sp³-hybridized carbons (Fsp3) is 0.0741. The molecule has 6 nitrogen and oxygen atoms in total. The largest absolute Gasteiger partial charge is 0.397 e. The minimum absolute atomic E-state index is 0.221. The fourth-order valence-corrected chi connectivity index (χ4v) is 5.78. The second-order valence-corrected chi connectivity index (χ2v) is 10.2. The van der Waals surface area contributed by atoms with Crippen LogP contribution < -0.4 is 11.1 Å². The van der Waals surface area contributed by atoms with E-state index in [9.17, 15) is 9.18 Å². The van der Waals surface area contributed by atoms with Gasteiger partial charge < -0.3 is 15.6 Å². The molecule has 2 aromatic carbocycles. The number of thiophene rings is 1. The van der Waals surface area contributed by atoms with E-state index >= 15 is 0 Å². The maximum absolute atomic E-state index is 13.4. The number of nitrogens with zero attached hydrogens (tertiary/aromatic N) is 3. The van der Waals surface area contributed by atoms with Crippen LogP contribution in [-0.4, -0.2) is 20.4 Å². The number of benzene rings is 2. The van der Waals surface area contributed by atoms with Gasteiger partial charge in [0, 0.05) is 48.2 Å². The molecule has 0 atom stereocenters. The number of nitrogen functional groups attached to an aromatic ring is 1. The molecule has 5 aromatic rings. The molecule has 0 spiro atoms. The summed E-state index contributed by atoms with van der Waals surface area (Å²) in [6, 6.07) is 15.2. The standard InChI is InChI=1S/C27H20Cl2FN5OS/c1-15(36)34-22-12-17(8-9-32-22)25-24(31)23(20-7-4-18(28)13-21(20)29)26(37-25)27-33-10-11-35(27)14-16-2-5-19(30)6-3-16/h2-13H,14,31H2,1H3,(H,32,34,36). The topological polar surface area (TPSA) is 85.8 Å². The number of nitrogens with two attached hydrogens (primary N) is 1. The molecule has 3 heterocycles. The van der Waals surface area contributed by atoms with Gasteiger partial charge in [0.05, 0.1) is 20.5 Å². The Labute approximate surface area is 226 Å². The summed E-state index contributed by atoms with van der Waals surface area (Å²) in [5.41, 5.74) is 10.5. The molecule has 0 aliphatic carbocycles. The molecule has 0 aliphatic heterocycles. The Balaban J connectivity index is 1.68. The van der Waals surface area contributed by atoms with Gasteiger partial charge in [-0.1, -0.05) is 41.4 Å². The maximum Gasteiger partial charge on any atom is 0.222 e. The molecule has 5 rings (SSSR count). The Morgan fingerprint density at radius 1 is 1.05 bits per heavy atom. The van der Waals surface area contributed by atoms with Crippen molar-refractivity contribution in [3.05, 3.63) is 94.6 Å². The highest BCUT2D eigenvalue weighted by molar-refractivity contribution is 7.20. The lowest BCUT2D eigenvalue weighted by Crippen LogP contribution is -2.07. The molecule has 3 aromatic heterocycles. The maximum atomic E-state index is 13.4. The quantitative estimate of drug-likeness (QED) is 0.230. The van der Waals surface area contributed by atoms with E-state index in [0.29, 0.717) is 39.5 Å². The van der Waals surface area contributed by atoms with Crippen molar-refractivity contribution in [3.63, 3.8) is 0 Å². The van der Waals surface area contributed by atoms with Gasteiger partial charge >= 0.3 is 0 Å². The third-order valence-electron chi connectivity index (χ3n) is 5.66. The zero-order valence-corrected chi connectivity index (χ0v) is 21.8. The van der Waals surface area contributed by atoms with E-state index in [1.165, 1.54) is 30.4 Å². The highest BCUT2D eigenvalue weighted by Gasteiger charge is 2.24. The number of amides is 1. The van der Waals surface area contributed by atoms with Gasteiger partial charge in [-0.05, 0) is 47.5 Å². The first-order valence-corrected chi connectivity index (χ1v) is 12.7. The number of hydrogen-bond donors (Lipinski definition) is 2. The van der Waals surface area contributed by atoms with Gasteiger partial charge in [0.1, 0.15) is 11.6 Å². The lowest BCUT2D eigenvalue weighted by molar-refractivity contribution is -0.114. The van der Waals surface area contributed by atoms with Gasteiger partial charge in [0.15, 0.2) is 5.82 Å². The van der Waals surface area contributed by atoms with Gasteiger partial charge in [-0.3, -0.25) is 4.79 Å². The highest BCUT2D eigenvalue weighted by atomic mass is 35.5. The zero-order valence-electron chi connectivity index (χ0n) is 19.5. The van der Waals surface area contributed by atoms with E-state index < -0.39 is 0 Å². The van der Waals surface area contributed by atoms with Crippen LogP contribution in [0.4, 0.5) is 15.9 Å². The van der Waals surface area contributed by atoms with Crippen molar-refractivity contribution in [2.75, 3.05) is 11.1 Å². The molecule has 0 unspecified atom stereocenters. The fourth-order valence-electron chi connectivity index (χ4n) is 4.03. The lowest BCUT2D eigenvalue weighted by Gasteiger charge is -2.11. The second kappa shape index (κ2) is 10.3. The Bertz CT molecular complexity index is 1610. The summed E-state index contributed by atoms with van der Waals surface area (Å²) < 4.78 is 15.4. The number of carbonyl (C=O) groups excluding carboxylic acids is 1. The van der Waals surface area contributed by atoms with Crippen LogP contribution in [0.2, 0.25) is 10.0 Å². The summed E-state index contributed by atoms with van der Waals surface area (Å²) in [6.07, 6.45) is 5.19. The Kier molecular flexibility index (Phi) is 6.97. The molecular weight excluding hydrogens is 532 g/mol. The summed E-state index contributed by atoms with van der Waals surface area (Å²) in [4.78, 5) is 22.0. The van der Waals surface area contributed by atoms with Crippen LogP contribution in [0.3, 0.4) is 0 Å². The molecule has 0 bridgehead atoms. The molecule has 3 N–H and O–H groups in total. The van der Waals surface area contributed by atoms with E-state index in [2.05, 4.69) is 15.3 Å². The van der Waals surface area contributed by atoms with Crippen molar-refractivity contribution < 1.29 is 9.18 Å². The Morgan fingerprint density at radius 2 is 1.84 bits per heavy atom. The predicted molar refractivity (Wildman–Crippen MR) is 148 cm³/mol. The minimum atomic E-state index is -0.291. The number of pyridine rings is 1. The smallest absolute Gasteiger partial charge is 0.222 e. The van der Waals surface area contributed by atoms with Crippen molar-refractivity contribution in [2.24, 2.45) is 0 Å². The molecule has 0 saturated heterocycles. The molecule has 1 amide bonds. The monoisotopic (exact) mass is 551 g/mol. The van der Waals surface area contributed by atoms with Crippen LogP contribution in [0.1, 0.15) is 12.5 Å². The lowest BCUT2D eigenvalue weighted by atomic mass is 10.0. The van der Waals surface area contributed by atoms with Crippen LogP contribution in [0, 0.1) is 5.82 Å². The van der Waals surface area contributed by atoms with Crippen molar-refractivity contribution in [1.82, 2.24) is 14.5 Å². The van der Waals surface area contributed by atoms with E-state index in [1.54, 1.807) is 42.7 Å². The molecule has 186 valence electrons. The summed E-state index contributed by atoms with van der Waals surface area (Å²) in [7, 11) is 0. The molecule has 37 heavy (non-hydrogen) atoms. The summed E-state index contributed by atoms with van der Waals surface area (Å²) in [5, 5.41) is 3.67. The van der Waals surface area contributed by atoms with Crippen molar-refractivity contribution in [3.8, 4) is 32.3 Å². The van der Waals surface area contributed by atoms with Crippen LogP contribution >= 0.6 is 34.5 Å². The first-order valence-electron chi connectivity index (χ1n) is 11.2. The molecule has 0 saturated carbocycles. The van der Waals surface area contributed by atoms with E-state index in [4.69, 9.17) is 28.9 Å². The zero-order chi connectivity index (χ0) is 26.1. The first-order chi connectivity index (χ1) is 17.8. The number of halogens is 3. The molecule has 0 fully saturated rings. The number of rotatable bonds is 6. The van der Waals surface area contributed by atoms with Crippen molar-refractivity contribution in [1.29, 1.82) is 0 Å². The third-order valence-corrected chi connectivity index (χ3v) is 7.45. The number of nitrogens with one attached hydrogen (secondary N) is 1. The number of carbonyl (C=O) groups is 1. The van der Waals surface area contributed by atoms with Gasteiger partial charge in [0.25, 0.3) is 0 Å². The number of hydrogen-bond acceptors (Lipinski definition) is 5. The van der Waals surface area contributed by atoms with Gasteiger partial charge in [-0.25, -0.2) is 14.4 Å². The van der Waals surface area contributed by atoms with Crippen LogP contribution in [0.25, 0.3) is 32.3 Å². The van der Waals surface area contributed by atoms with Crippen LogP contribution in [-0.2, 0) is 11.3 Å². The normalized spacial score (nSPS) is 11.0. The van der Waals surface area contributed by atoms with E-state index in [0.717, 1.165) is 26.4 Å². The molecule has 0 aliphatic rings. The van der Waals surface area contributed by atoms with E-state index in [1.807, 2.05) is 22.9 Å². The average Bonchev–Trinajstić information content (AvgIpc) is 3.44. The van der Waals surface area contributed by atoms with Gasteiger partial charge in [-0.15, -0.1) is 11.3 Å². The Hall–Kier alpha value is -3.72. The predicted octanol–water partition coefficient (Wildman–Crippen LogP) is 7.38. The number of aromatic nitrogens is 3. The summed E-state index contributed by atoms with van der Waals surface area (Å²) in [6.45, 7) is 1.91. The van der Waals surface area contributed by atoms with Crippen LogP contribution in [0.15, 0.2) is 73.2 Å². The van der Waals surface area contributed by atoms with Crippen LogP contribution in [0.5, 0.6) is 0 Å². The molecule has 0 radical (unpaired) electrons. The average molecular weight is 552 g/mol. The SMILES string of the molecule is CC(=O)Nc1cc(-c2sc(-c3nccn3Cc3ccc(F)cc3)c(-c3ccc(Cl)cc3Cl)c2N)ccn1. The minimum Gasteiger partial charge on any atom is -0.397 e. The molecule has 10 heteroatoms. The third kappa shape index (κ3) is 5.22.